The molecule has 0 saturated carbocycles. The fourth-order valence-corrected chi connectivity index (χ4v) is 1.30. The molecule has 14 heavy (non-hydrogen) atoms. The summed E-state index contributed by atoms with van der Waals surface area (Å²) in [6.07, 6.45) is -0.877. The molecule has 0 aliphatic carbocycles. The van der Waals surface area contributed by atoms with Crippen molar-refractivity contribution in [3.63, 3.8) is 0 Å². The first-order valence-electron chi connectivity index (χ1n) is 3.83. The van der Waals surface area contributed by atoms with Crippen molar-refractivity contribution in [3.8, 4) is 0 Å². The minimum atomic E-state index is -0.877. The van der Waals surface area contributed by atoms with Gasteiger partial charge < -0.3 is 4.98 Å². The summed E-state index contributed by atoms with van der Waals surface area (Å²) in [5.74, 6) is 0. The Labute approximate surface area is 76.6 Å². The lowest BCUT2D eigenvalue weighted by molar-refractivity contribution is 0.555. The first kappa shape index (κ1) is 8.67. The van der Waals surface area contributed by atoms with Crippen LogP contribution in [0.5, 0.6) is 0 Å². The fourth-order valence-electron chi connectivity index (χ4n) is 1.30. The third kappa shape index (κ3) is 0.918. The number of H-pyrrole nitrogens is 1. The van der Waals surface area contributed by atoms with Crippen molar-refractivity contribution in [3.05, 3.63) is 26.9 Å². The first-order chi connectivity index (χ1) is 6.52. The average Bonchev–Trinajstić information content (AvgIpc) is 2.54. The predicted molar refractivity (Wildman–Crippen MR) is 46.5 cm³/mol. The van der Waals surface area contributed by atoms with Crippen molar-refractivity contribution in [1.82, 2.24) is 19.1 Å². The standard InChI is InChI=1S/C7H7FN4O2/c1-11-4-3(9-6(8)10-4)5(13)12(2)7(11)14/h1-2H3,(H,9,10). The summed E-state index contributed by atoms with van der Waals surface area (Å²) in [7, 11) is 2.74. The van der Waals surface area contributed by atoms with Gasteiger partial charge in [-0.2, -0.15) is 9.37 Å². The van der Waals surface area contributed by atoms with Crippen molar-refractivity contribution in [2.75, 3.05) is 0 Å². The van der Waals surface area contributed by atoms with Gasteiger partial charge in [-0.05, 0) is 0 Å². The summed E-state index contributed by atoms with van der Waals surface area (Å²) < 4.78 is 14.7. The van der Waals surface area contributed by atoms with E-state index in [-0.39, 0.29) is 11.2 Å². The molecule has 0 aliphatic rings. The van der Waals surface area contributed by atoms with Crippen molar-refractivity contribution in [1.29, 1.82) is 0 Å². The highest BCUT2D eigenvalue weighted by atomic mass is 19.1. The van der Waals surface area contributed by atoms with E-state index in [0.29, 0.717) is 0 Å². The molecule has 0 fully saturated rings. The van der Waals surface area contributed by atoms with E-state index < -0.39 is 17.3 Å². The molecule has 0 radical (unpaired) electrons. The van der Waals surface area contributed by atoms with Crippen LogP contribution in [-0.4, -0.2) is 19.1 Å². The van der Waals surface area contributed by atoms with Crippen LogP contribution in [0.15, 0.2) is 9.59 Å². The zero-order chi connectivity index (χ0) is 10.5. The molecule has 0 aromatic carbocycles. The Balaban J connectivity index is 3.17. The monoisotopic (exact) mass is 198 g/mol. The van der Waals surface area contributed by atoms with E-state index in [2.05, 4.69) is 9.97 Å². The van der Waals surface area contributed by atoms with Gasteiger partial charge in [-0.3, -0.25) is 13.9 Å². The number of nitrogens with one attached hydrogen (secondary N) is 1. The summed E-state index contributed by atoms with van der Waals surface area (Å²) >= 11 is 0. The molecule has 2 rings (SSSR count). The normalized spacial score (nSPS) is 11.1. The van der Waals surface area contributed by atoms with E-state index in [1.54, 1.807) is 0 Å². The van der Waals surface area contributed by atoms with Gasteiger partial charge in [0.2, 0.25) is 0 Å². The second-order valence-corrected chi connectivity index (χ2v) is 2.93. The quantitative estimate of drug-likeness (QED) is 0.557. The van der Waals surface area contributed by atoms with Crippen LogP contribution >= 0.6 is 0 Å². The molecule has 2 aromatic heterocycles. The number of aromatic amines is 1. The van der Waals surface area contributed by atoms with Crippen LogP contribution in [0.1, 0.15) is 0 Å². The first-order valence-corrected chi connectivity index (χ1v) is 3.83. The van der Waals surface area contributed by atoms with Gasteiger partial charge in [-0.25, -0.2) is 4.79 Å². The van der Waals surface area contributed by atoms with Gasteiger partial charge in [-0.1, -0.05) is 0 Å². The summed E-state index contributed by atoms with van der Waals surface area (Å²) in [6.45, 7) is 0. The van der Waals surface area contributed by atoms with E-state index in [1.165, 1.54) is 14.1 Å². The second kappa shape index (κ2) is 2.53. The topological polar surface area (TPSA) is 72.7 Å². The highest BCUT2D eigenvalue weighted by molar-refractivity contribution is 5.68. The maximum atomic E-state index is 12.7. The minimum absolute atomic E-state index is 0.00731. The Bertz CT molecular complexity index is 621. The predicted octanol–water partition coefficient (Wildman–Crippen LogP) is -0.901. The third-order valence-corrected chi connectivity index (χ3v) is 2.07. The second-order valence-electron chi connectivity index (χ2n) is 2.93. The van der Waals surface area contributed by atoms with Gasteiger partial charge in [0.15, 0.2) is 11.2 Å². The van der Waals surface area contributed by atoms with Crippen LogP contribution in [0.2, 0.25) is 0 Å². The van der Waals surface area contributed by atoms with Crippen molar-refractivity contribution in [2.45, 2.75) is 0 Å². The molecule has 0 bridgehead atoms. The van der Waals surface area contributed by atoms with E-state index >= 15 is 0 Å². The third-order valence-electron chi connectivity index (χ3n) is 2.07. The van der Waals surface area contributed by atoms with Gasteiger partial charge in [0.1, 0.15) is 0 Å². The van der Waals surface area contributed by atoms with Gasteiger partial charge in [0.05, 0.1) is 0 Å². The number of hydrogen-bond donors (Lipinski definition) is 1. The van der Waals surface area contributed by atoms with Gasteiger partial charge in [0.25, 0.3) is 11.6 Å². The van der Waals surface area contributed by atoms with Crippen LogP contribution in [0.3, 0.4) is 0 Å². The lowest BCUT2D eigenvalue weighted by atomic mass is 10.5. The molecular weight excluding hydrogens is 191 g/mol. The van der Waals surface area contributed by atoms with Crippen LogP contribution < -0.4 is 11.2 Å². The van der Waals surface area contributed by atoms with Crippen LogP contribution in [-0.2, 0) is 14.1 Å². The molecule has 1 N–H and O–H groups in total. The smallest absolute Gasteiger partial charge is 0.308 e. The lowest BCUT2D eigenvalue weighted by Gasteiger charge is -2.00. The zero-order valence-electron chi connectivity index (χ0n) is 7.54. The van der Waals surface area contributed by atoms with Gasteiger partial charge >= 0.3 is 5.69 Å². The summed E-state index contributed by atoms with van der Waals surface area (Å²) in [5, 5.41) is 0. The number of aryl methyl sites for hydroxylation is 1. The Morgan fingerprint density at radius 3 is 2.57 bits per heavy atom. The number of imidazole rings is 1. The molecule has 0 saturated heterocycles. The molecule has 0 unspecified atom stereocenters. The SMILES string of the molecule is Cn1c(=O)c2[nH]c(F)nc2n(C)c1=O. The van der Waals surface area contributed by atoms with Crippen molar-refractivity contribution in [2.24, 2.45) is 14.1 Å². The molecule has 74 valence electrons. The Morgan fingerprint density at radius 1 is 1.29 bits per heavy atom. The number of halogens is 1. The summed E-state index contributed by atoms with van der Waals surface area (Å²) in [4.78, 5) is 28.4. The average molecular weight is 198 g/mol. The zero-order valence-corrected chi connectivity index (χ0v) is 7.54. The summed E-state index contributed by atoms with van der Waals surface area (Å²) in [6, 6.07) is 0. The molecule has 6 nitrogen and oxygen atoms in total. The molecular formula is C7H7FN4O2. The van der Waals surface area contributed by atoms with E-state index in [4.69, 9.17) is 0 Å². The van der Waals surface area contributed by atoms with Gasteiger partial charge in [0, 0.05) is 14.1 Å². The maximum Gasteiger partial charge on any atom is 0.332 e. The molecule has 2 aromatic rings. The maximum absolute atomic E-state index is 12.7. The number of fused-ring (bicyclic) bond motifs is 1. The van der Waals surface area contributed by atoms with E-state index in [0.717, 1.165) is 9.13 Å². The van der Waals surface area contributed by atoms with Crippen LogP contribution in [0, 0.1) is 6.08 Å². The van der Waals surface area contributed by atoms with E-state index in [9.17, 15) is 14.0 Å². The highest BCUT2D eigenvalue weighted by Crippen LogP contribution is 2.01. The Morgan fingerprint density at radius 2 is 1.93 bits per heavy atom. The molecule has 0 atom stereocenters. The van der Waals surface area contributed by atoms with Gasteiger partial charge in [-0.15, -0.1) is 0 Å². The van der Waals surface area contributed by atoms with Crippen molar-refractivity contribution >= 4 is 11.2 Å². The largest absolute Gasteiger partial charge is 0.332 e. The Hall–Kier alpha value is -1.92. The van der Waals surface area contributed by atoms with E-state index in [1.807, 2.05) is 0 Å². The number of aromatic nitrogens is 4. The molecule has 7 heteroatoms. The van der Waals surface area contributed by atoms with Crippen LogP contribution in [0.25, 0.3) is 11.2 Å². The fraction of sp³-hybridized carbons (Fsp3) is 0.286. The van der Waals surface area contributed by atoms with Crippen molar-refractivity contribution < 1.29 is 4.39 Å². The minimum Gasteiger partial charge on any atom is -0.308 e. The molecule has 0 aliphatic heterocycles. The number of rotatable bonds is 0. The Kier molecular flexibility index (Phi) is 1.57. The molecule has 0 spiro atoms. The number of hydrogen-bond acceptors (Lipinski definition) is 3. The van der Waals surface area contributed by atoms with Crippen LogP contribution in [0.4, 0.5) is 4.39 Å². The molecule has 2 heterocycles. The number of nitrogens with zero attached hydrogens (tertiary/aromatic N) is 3. The molecule has 0 amide bonds. The highest BCUT2D eigenvalue weighted by Gasteiger charge is 2.12. The summed E-state index contributed by atoms with van der Waals surface area (Å²) in [5.41, 5.74) is -1.10. The lowest BCUT2D eigenvalue weighted by Crippen LogP contribution is -2.36.